The van der Waals surface area contributed by atoms with E-state index in [0.29, 0.717) is 6.54 Å². The molecule has 1 aliphatic rings. The van der Waals surface area contributed by atoms with Gasteiger partial charge in [-0.25, -0.2) is 4.98 Å². The number of fused-ring (bicyclic) bond motifs is 3. The van der Waals surface area contributed by atoms with Gasteiger partial charge in [0.15, 0.2) is 0 Å². The molecule has 0 spiro atoms. The first kappa shape index (κ1) is 13.5. The van der Waals surface area contributed by atoms with Crippen molar-refractivity contribution >= 4 is 21.6 Å². The second-order valence-electron chi connectivity index (χ2n) is 5.53. The molecule has 0 saturated heterocycles. The molecule has 2 aromatic heterocycles. The van der Waals surface area contributed by atoms with Gasteiger partial charge in [0, 0.05) is 10.4 Å². The van der Waals surface area contributed by atoms with Crippen LogP contribution in [0.5, 0.6) is 5.75 Å². The molecule has 0 N–H and O–H groups in total. The van der Waals surface area contributed by atoms with Crippen LogP contribution in [0, 0.1) is 0 Å². The third-order valence-corrected chi connectivity index (χ3v) is 5.42. The van der Waals surface area contributed by atoms with Gasteiger partial charge in [-0.15, -0.1) is 11.3 Å². The third-order valence-electron chi connectivity index (χ3n) is 4.23. The molecule has 5 heteroatoms. The van der Waals surface area contributed by atoms with Crippen LogP contribution in [0.1, 0.15) is 22.4 Å². The van der Waals surface area contributed by atoms with Gasteiger partial charge >= 0.3 is 0 Å². The molecule has 112 valence electrons. The fourth-order valence-corrected chi connectivity index (χ4v) is 4.37. The molecule has 22 heavy (non-hydrogen) atoms. The number of aromatic nitrogens is 2. The van der Waals surface area contributed by atoms with Gasteiger partial charge in [0.2, 0.25) is 0 Å². The Kier molecular flexibility index (Phi) is 3.22. The summed E-state index contributed by atoms with van der Waals surface area (Å²) in [6.45, 7) is 0.483. The van der Waals surface area contributed by atoms with Crippen molar-refractivity contribution < 1.29 is 4.74 Å². The lowest BCUT2D eigenvalue weighted by Gasteiger charge is -2.10. The number of ether oxygens (including phenoxy) is 1. The van der Waals surface area contributed by atoms with E-state index >= 15 is 0 Å². The summed E-state index contributed by atoms with van der Waals surface area (Å²) in [7, 11) is 1.65. The van der Waals surface area contributed by atoms with Crippen LogP contribution in [-0.4, -0.2) is 16.7 Å². The molecular formula is C17H16N2O2S. The van der Waals surface area contributed by atoms with Crippen molar-refractivity contribution in [2.75, 3.05) is 7.11 Å². The van der Waals surface area contributed by atoms with E-state index < -0.39 is 0 Å². The molecule has 0 aliphatic heterocycles. The largest absolute Gasteiger partial charge is 0.496 e. The van der Waals surface area contributed by atoms with Gasteiger partial charge < -0.3 is 4.74 Å². The first-order valence-electron chi connectivity index (χ1n) is 7.39. The van der Waals surface area contributed by atoms with E-state index in [1.807, 2.05) is 24.3 Å². The SMILES string of the molecule is COc1ccccc1Cn1cnc2sc3c(c2c1=O)CCC3. The maximum absolute atomic E-state index is 12.8. The van der Waals surface area contributed by atoms with Gasteiger partial charge in [-0.05, 0) is 30.9 Å². The molecule has 0 bridgehead atoms. The number of nitrogens with zero attached hydrogens (tertiary/aromatic N) is 2. The van der Waals surface area contributed by atoms with Crippen LogP contribution in [0.3, 0.4) is 0 Å². The third kappa shape index (κ3) is 2.04. The summed E-state index contributed by atoms with van der Waals surface area (Å²) >= 11 is 1.67. The summed E-state index contributed by atoms with van der Waals surface area (Å²) in [5, 5.41) is 0.829. The quantitative estimate of drug-likeness (QED) is 0.747. The summed E-state index contributed by atoms with van der Waals surface area (Å²) < 4.78 is 7.06. The number of methoxy groups -OCH3 is 1. The minimum atomic E-state index is 0.0651. The minimum Gasteiger partial charge on any atom is -0.496 e. The van der Waals surface area contributed by atoms with E-state index in [2.05, 4.69) is 4.98 Å². The van der Waals surface area contributed by atoms with Crippen molar-refractivity contribution in [3.8, 4) is 5.75 Å². The second-order valence-corrected chi connectivity index (χ2v) is 6.61. The standard InChI is InChI=1S/C17H16N2O2S/c1-21-13-7-3-2-5-11(13)9-19-10-18-16-15(17(19)20)12-6-4-8-14(12)22-16/h2-3,5,7,10H,4,6,8-9H2,1H3. The van der Waals surface area contributed by atoms with E-state index in [4.69, 9.17) is 4.74 Å². The van der Waals surface area contributed by atoms with Gasteiger partial charge in [0.05, 0.1) is 25.4 Å². The van der Waals surface area contributed by atoms with Crippen LogP contribution in [0.25, 0.3) is 10.2 Å². The Hall–Kier alpha value is -2.14. The number of thiophene rings is 1. The molecule has 0 atom stereocenters. The van der Waals surface area contributed by atoms with E-state index in [9.17, 15) is 4.79 Å². The zero-order valence-electron chi connectivity index (χ0n) is 12.3. The molecule has 1 aromatic carbocycles. The van der Waals surface area contributed by atoms with Crippen molar-refractivity contribution in [2.24, 2.45) is 0 Å². The average Bonchev–Trinajstić information content (AvgIpc) is 3.11. The number of aryl methyl sites for hydroxylation is 2. The Morgan fingerprint density at radius 3 is 3.05 bits per heavy atom. The maximum atomic E-state index is 12.8. The fraction of sp³-hybridized carbons (Fsp3) is 0.294. The number of benzene rings is 1. The molecule has 0 fully saturated rings. The van der Waals surface area contributed by atoms with Crippen LogP contribution < -0.4 is 10.3 Å². The highest BCUT2D eigenvalue weighted by atomic mass is 32.1. The van der Waals surface area contributed by atoms with Crippen LogP contribution in [-0.2, 0) is 19.4 Å². The van der Waals surface area contributed by atoms with Crippen molar-refractivity contribution in [1.29, 1.82) is 0 Å². The Balaban J connectivity index is 1.83. The molecule has 0 amide bonds. The van der Waals surface area contributed by atoms with E-state index in [-0.39, 0.29) is 5.56 Å². The summed E-state index contributed by atoms with van der Waals surface area (Å²) in [4.78, 5) is 19.6. The Morgan fingerprint density at radius 1 is 1.32 bits per heavy atom. The highest BCUT2D eigenvalue weighted by molar-refractivity contribution is 7.18. The lowest BCUT2D eigenvalue weighted by atomic mass is 10.2. The van der Waals surface area contributed by atoms with Crippen molar-refractivity contribution in [1.82, 2.24) is 9.55 Å². The predicted octanol–water partition coefficient (Wildman–Crippen LogP) is 3.00. The highest BCUT2D eigenvalue weighted by Gasteiger charge is 2.21. The van der Waals surface area contributed by atoms with Gasteiger partial charge in [-0.2, -0.15) is 0 Å². The zero-order valence-corrected chi connectivity index (χ0v) is 13.2. The first-order valence-corrected chi connectivity index (χ1v) is 8.21. The maximum Gasteiger partial charge on any atom is 0.262 e. The van der Waals surface area contributed by atoms with Gasteiger partial charge in [-0.3, -0.25) is 9.36 Å². The monoisotopic (exact) mass is 312 g/mol. The van der Waals surface area contributed by atoms with Crippen LogP contribution in [0.2, 0.25) is 0 Å². The molecule has 3 aromatic rings. The van der Waals surface area contributed by atoms with Crippen molar-refractivity contribution in [2.45, 2.75) is 25.8 Å². The summed E-state index contributed by atoms with van der Waals surface area (Å²) in [5.74, 6) is 0.796. The normalized spacial score (nSPS) is 13.5. The Bertz CT molecular complexity index is 911. The minimum absolute atomic E-state index is 0.0651. The smallest absolute Gasteiger partial charge is 0.262 e. The predicted molar refractivity (Wildman–Crippen MR) is 88.0 cm³/mol. The number of rotatable bonds is 3. The molecule has 0 radical (unpaired) electrons. The van der Waals surface area contributed by atoms with Gasteiger partial charge in [0.1, 0.15) is 10.6 Å². The molecule has 0 saturated carbocycles. The van der Waals surface area contributed by atoms with Gasteiger partial charge in [0.25, 0.3) is 5.56 Å². The molecule has 4 rings (SSSR count). The second kappa shape index (κ2) is 5.25. The van der Waals surface area contributed by atoms with Crippen molar-refractivity contribution in [3.63, 3.8) is 0 Å². The van der Waals surface area contributed by atoms with Crippen LogP contribution in [0.4, 0.5) is 0 Å². The lowest BCUT2D eigenvalue weighted by molar-refractivity contribution is 0.408. The summed E-state index contributed by atoms with van der Waals surface area (Å²) in [6.07, 6.45) is 4.90. The topological polar surface area (TPSA) is 44.1 Å². The number of hydrogen-bond donors (Lipinski definition) is 0. The van der Waals surface area contributed by atoms with Crippen molar-refractivity contribution in [3.05, 3.63) is 57.0 Å². The Labute approximate surface area is 132 Å². The highest BCUT2D eigenvalue weighted by Crippen LogP contribution is 2.34. The molecule has 2 heterocycles. The first-order chi connectivity index (χ1) is 10.8. The molecular weight excluding hydrogens is 296 g/mol. The number of para-hydroxylation sites is 1. The zero-order chi connectivity index (χ0) is 15.1. The molecule has 0 unspecified atom stereocenters. The van der Waals surface area contributed by atoms with Crippen LogP contribution >= 0.6 is 11.3 Å². The Morgan fingerprint density at radius 2 is 2.18 bits per heavy atom. The van der Waals surface area contributed by atoms with E-state index in [1.54, 1.807) is 29.3 Å². The summed E-state index contributed by atoms with van der Waals surface area (Å²) in [6, 6.07) is 7.78. The number of hydrogen-bond acceptors (Lipinski definition) is 4. The van der Waals surface area contributed by atoms with Gasteiger partial charge in [-0.1, -0.05) is 18.2 Å². The molecule has 4 nitrogen and oxygen atoms in total. The average molecular weight is 312 g/mol. The molecule has 1 aliphatic carbocycles. The van der Waals surface area contributed by atoms with E-state index in [1.165, 1.54) is 10.4 Å². The fourth-order valence-electron chi connectivity index (χ4n) is 3.15. The lowest BCUT2D eigenvalue weighted by Crippen LogP contribution is -2.21. The van der Waals surface area contributed by atoms with E-state index in [0.717, 1.165) is 40.8 Å². The van der Waals surface area contributed by atoms with Crippen LogP contribution in [0.15, 0.2) is 35.4 Å². The summed E-state index contributed by atoms with van der Waals surface area (Å²) in [5.41, 5.74) is 2.28.